The Bertz CT molecular complexity index is 1550. The van der Waals surface area contributed by atoms with Crippen LogP contribution in [0.4, 0.5) is 0 Å². The highest BCUT2D eigenvalue weighted by Gasteiger charge is 2.76. The van der Waals surface area contributed by atoms with Crippen molar-refractivity contribution in [2.24, 2.45) is 10.8 Å². The highest BCUT2D eigenvalue weighted by atomic mass is 16.6. The lowest BCUT2D eigenvalue weighted by Gasteiger charge is -2.43. The van der Waals surface area contributed by atoms with E-state index in [1.54, 1.807) is 26.0 Å². The summed E-state index contributed by atoms with van der Waals surface area (Å²) in [6.07, 6.45) is -0.345. The summed E-state index contributed by atoms with van der Waals surface area (Å²) in [5.41, 5.74) is -2.99. The Labute approximate surface area is 219 Å². The van der Waals surface area contributed by atoms with E-state index < -0.39 is 46.2 Å². The molecule has 6 rings (SSSR count). The summed E-state index contributed by atoms with van der Waals surface area (Å²) in [5.74, 6) is -0.827. The van der Waals surface area contributed by atoms with Gasteiger partial charge in [-0.2, -0.15) is 0 Å². The summed E-state index contributed by atoms with van der Waals surface area (Å²) in [6.45, 7) is 8.86. The molecule has 8 nitrogen and oxygen atoms in total. The molecule has 8 heteroatoms. The zero-order valence-electron chi connectivity index (χ0n) is 22.0. The number of esters is 2. The van der Waals surface area contributed by atoms with Gasteiger partial charge >= 0.3 is 11.9 Å². The first-order valence-corrected chi connectivity index (χ1v) is 12.8. The minimum Gasteiger partial charge on any atom is -0.484 e. The number of ether oxygens (including phenoxy) is 3. The molecule has 198 valence electrons. The number of hydrogen-bond acceptors (Lipinski definition) is 8. The number of aliphatic hydroxyl groups excluding tert-OH is 1. The fraction of sp³-hybridized carbons (Fsp3) is 0.433. The summed E-state index contributed by atoms with van der Waals surface area (Å²) in [7, 11) is 0. The Morgan fingerprint density at radius 2 is 1.68 bits per heavy atom. The van der Waals surface area contributed by atoms with Crippen molar-refractivity contribution in [1.82, 2.24) is 0 Å². The van der Waals surface area contributed by atoms with Crippen molar-refractivity contribution >= 4 is 22.9 Å². The minimum atomic E-state index is -1.48. The van der Waals surface area contributed by atoms with Crippen LogP contribution in [0, 0.1) is 10.8 Å². The normalized spacial score (nSPS) is 30.4. The summed E-state index contributed by atoms with van der Waals surface area (Å²) >= 11 is 0. The Morgan fingerprint density at radius 3 is 2.32 bits per heavy atom. The van der Waals surface area contributed by atoms with E-state index in [2.05, 4.69) is 0 Å². The van der Waals surface area contributed by atoms with Crippen LogP contribution in [0.3, 0.4) is 0 Å². The van der Waals surface area contributed by atoms with E-state index in [0.29, 0.717) is 29.7 Å². The van der Waals surface area contributed by atoms with Crippen LogP contribution >= 0.6 is 0 Å². The lowest BCUT2D eigenvalue weighted by molar-refractivity contribution is -0.199. The van der Waals surface area contributed by atoms with E-state index in [-0.39, 0.29) is 22.0 Å². The third-order valence-corrected chi connectivity index (χ3v) is 9.33. The molecule has 2 aliphatic heterocycles. The molecule has 38 heavy (non-hydrogen) atoms. The van der Waals surface area contributed by atoms with Crippen LogP contribution in [0.2, 0.25) is 0 Å². The molecule has 1 saturated carbocycles. The van der Waals surface area contributed by atoms with Gasteiger partial charge in [0.05, 0.1) is 21.9 Å². The predicted octanol–water partition coefficient (Wildman–Crippen LogP) is 4.70. The predicted molar refractivity (Wildman–Crippen MR) is 137 cm³/mol. The lowest BCUT2D eigenvalue weighted by atomic mass is 9.66. The molecule has 1 aromatic heterocycles. The molecule has 0 spiro atoms. The van der Waals surface area contributed by atoms with Crippen LogP contribution in [0.1, 0.15) is 59.1 Å². The zero-order valence-corrected chi connectivity index (χ0v) is 22.0. The van der Waals surface area contributed by atoms with Crippen LogP contribution in [-0.4, -0.2) is 34.4 Å². The van der Waals surface area contributed by atoms with E-state index >= 15 is 0 Å². The molecule has 2 aromatic carbocycles. The largest absolute Gasteiger partial charge is 0.484 e. The summed E-state index contributed by atoms with van der Waals surface area (Å²) in [4.78, 5) is 40.1. The van der Waals surface area contributed by atoms with Crippen molar-refractivity contribution in [3.63, 3.8) is 0 Å². The van der Waals surface area contributed by atoms with Crippen molar-refractivity contribution < 1.29 is 33.3 Å². The van der Waals surface area contributed by atoms with E-state index in [4.69, 9.17) is 18.6 Å². The van der Waals surface area contributed by atoms with Gasteiger partial charge in [-0.15, -0.1) is 0 Å². The van der Waals surface area contributed by atoms with Crippen molar-refractivity contribution in [3.8, 4) is 16.9 Å². The van der Waals surface area contributed by atoms with Crippen molar-refractivity contribution in [2.45, 2.75) is 70.9 Å². The van der Waals surface area contributed by atoms with E-state index in [9.17, 15) is 19.5 Å². The molecular formula is C30H30O8. The maximum Gasteiger partial charge on any atom is 0.351 e. The number of fused-ring (bicyclic) bond motifs is 5. The Kier molecular flexibility index (Phi) is 5.00. The van der Waals surface area contributed by atoms with Gasteiger partial charge in [0, 0.05) is 5.41 Å². The average Bonchev–Trinajstić information content (AvgIpc) is 3.17. The van der Waals surface area contributed by atoms with Crippen LogP contribution in [0.5, 0.6) is 5.75 Å². The monoisotopic (exact) mass is 518 g/mol. The van der Waals surface area contributed by atoms with Gasteiger partial charge in [-0.3, -0.25) is 9.59 Å². The zero-order chi connectivity index (χ0) is 27.3. The van der Waals surface area contributed by atoms with Crippen LogP contribution in [0.25, 0.3) is 22.1 Å². The standard InChI is InChI=1S/C30H30O8/c1-27(2)24(32)23(36-26(34)30-14-13-29(5,25(33)38-30)28(30,3)4)20-19(37-27)12-11-17-21(31)18(15-35-22(17)20)16-9-7-6-8-10-16/h6-12,15,23-24,32H,13-14H2,1-5H3/t23-,24-,29+,30-/m1/s1. The molecule has 1 N–H and O–H groups in total. The quantitative estimate of drug-likeness (QED) is 0.497. The lowest BCUT2D eigenvalue weighted by Crippen LogP contribution is -2.53. The molecule has 3 aromatic rings. The van der Waals surface area contributed by atoms with E-state index in [1.807, 2.05) is 51.1 Å². The topological polar surface area (TPSA) is 112 Å². The fourth-order valence-corrected chi connectivity index (χ4v) is 6.28. The highest BCUT2D eigenvalue weighted by Crippen LogP contribution is 2.66. The summed E-state index contributed by atoms with van der Waals surface area (Å²) in [5, 5.41) is 11.6. The molecule has 2 fully saturated rings. The number of aliphatic hydroxyl groups is 1. The second kappa shape index (κ2) is 7.69. The third kappa shape index (κ3) is 2.98. The van der Waals surface area contributed by atoms with Crippen LogP contribution in [-0.2, 0) is 19.1 Å². The molecule has 0 amide bonds. The molecule has 3 aliphatic rings. The number of hydrogen-bond donors (Lipinski definition) is 1. The Morgan fingerprint density at radius 1 is 0.974 bits per heavy atom. The SMILES string of the molecule is CC1(C)Oc2ccc3c(=O)c(-c4ccccc4)coc3c2[C@@H](OC(=O)[C@@]23CC[C@@](C)(C(=O)O2)C3(C)C)[C@H]1O. The van der Waals surface area contributed by atoms with Gasteiger partial charge < -0.3 is 23.7 Å². The van der Waals surface area contributed by atoms with E-state index in [1.165, 1.54) is 6.26 Å². The van der Waals surface area contributed by atoms with Crippen LogP contribution < -0.4 is 10.2 Å². The number of carbonyl (C=O) groups excluding carboxylic acids is 2. The first-order chi connectivity index (χ1) is 17.8. The molecule has 2 bridgehead atoms. The highest BCUT2D eigenvalue weighted by molar-refractivity contribution is 5.94. The molecule has 0 radical (unpaired) electrons. The average molecular weight is 519 g/mol. The fourth-order valence-electron chi connectivity index (χ4n) is 6.28. The molecule has 1 aliphatic carbocycles. The molecule has 0 unspecified atom stereocenters. The van der Waals surface area contributed by atoms with Gasteiger partial charge in [0.15, 0.2) is 6.10 Å². The van der Waals surface area contributed by atoms with Gasteiger partial charge in [-0.1, -0.05) is 44.2 Å². The number of rotatable bonds is 3. The molecule has 3 heterocycles. The smallest absolute Gasteiger partial charge is 0.351 e. The minimum absolute atomic E-state index is 0.163. The molecular weight excluding hydrogens is 488 g/mol. The van der Waals surface area contributed by atoms with Gasteiger partial charge in [0.2, 0.25) is 11.0 Å². The summed E-state index contributed by atoms with van der Waals surface area (Å²) in [6, 6.07) is 12.4. The van der Waals surface area contributed by atoms with Crippen molar-refractivity contribution in [1.29, 1.82) is 0 Å². The van der Waals surface area contributed by atoms with Crippen molar-refractivity contribution in [2.75, 3.05) is 0 Å². The van der Waals surface area contributed by atoms with Crippen LogP contribution in [0.15, 0.2) is 57.9 Å². The first-order valence-electron chi connectivity index (χ1n) is 12.8. The third-order valence-electron chi connectivity index (χ3n) is 9.33. The number of carbonyl (C=O) groups is 2. The maximum atomic E-state index is 13.9. The molecule has 4 atom stereocenters. The van der Waals surface area contributed by atoms with Crippen molar-refractivity contribution in [3.05, 3.63) is 64.5 Å². The van der Waals surface area contributed by atoms with Gasteiger partial charge in [0.1, 0.15) is 29.3 Å². The number of benzene rings is 2. The van der Waals surface area contributed by atoms with E-state index in [0.717, 1.165) is 0 Å². The van der Waals surface area contributed by atoms with Gasteiger partial charge in [-0.05, 0) is 51.3 Å². The van der Waals surface area contributed by atoms with Gasteiger partial charge in [0.25, 0.3) is 0 Å². The Balaban J connectivity index is 1.48. The summed E-state index contributed by atoms with van der Waals surface area (Å²) < 4.78 is 23.8. The second-order valence-corrected chi connectivity index (χ2v) is 11.8. The molecule has 1 saturated heterocycles. The second-order valence-electron chi connectivity index (χ2n) is 11.8. The first kappa shape index (κ1) is 24.7. The Hall–Kier alpha value is -3.65. The van der Waals surface area contributed by atoms with Gasteiger partial charge in [-0.25, -0.2) is 4.79 Å². The maximum absolute atomic E-state index is 13.9.